The number of imidazole rings is 1. The Kier molecular flexibility index (Phi) is 3.57. The highest BCUT2D eigenvalue weighted by molar-refractivity contribution is 5.69. The molecule has 1 unspecified atom stereocenters. The number of nitrogens with two attached hydrogens (primary N) is 1. The first kappa shape index (κ1) is 13.5. The molecule has 0 aliphatic carbocycles. The van der Waals surface area contributed by atoms with Crippen molar-refractivity contribution < 1.29 is 0 Å². The summed E-state index contributed by atoms with van der Waals surface area (Å²) >= 11 is 0. The van der Waals surface area contributed by atoms with E-state index in [0.29, 0.717) is 24.1 Å². The standard InChI is InChI=1S/C12H19N5O2/c1-4-8(13)6-17-11(18)9-10(14-7-15(9)3)16(5-2)12(17)19/h7-8H,4-6,13H2,1-3H3. The van der Waals surface area contributed by atoms with Gasteiger partial charge in [0, 0.05) is 26.2 Å². The molecule has 0 aliphatic rings. The van der Waals surface area contributed by atoms with Crippen molar-refractivity contribution in [2.24, 2.45) is 12.8 Å². The van der Waals surface area contributed by atoms with Crippen molar-refractivity contribution in [1.29, 1.82) is 0 Å². The maximum Gasteiger partial charge on any atom is 0.332 e. The molecule has 104 valence electrons. The Bertz CT molecular complexity index is 709. The van der Waals surface area contributed by atoms with Crippen molar-refractivity contribution in [2.45, 2.75) is 39.4 Å². The minimum absolute atomic E-state index is 0.207. The van der Waals surface area contributed by atoms with Crippen molar-refractivity contribution in [1.82, 2.24) is 18.7 Å². The number of hydrogen-bond donors (Lipinski definition) is 1. The van der Waals surface area contributed by atoms with Crippen molar-refractivity contribution in [2.75, 3.05) is 0 Å². The van der Waals surface area contributed by atoms with E-state index in [2.05, 4.69) is 4.98 Å². The smallest absolute Gasteiger partial charge is 0.328 e. The third kappa shape index (κ3) is 2.10. The highest BCUT2D eigenvalue weighted by Crippen LogP contribution is 2.04. The molecule has 0 radical (unpaired) electrons. The first-order valence-electron chi connectivity index (χ1n) is 6.41. The maximum absolute atomic E-state index is 12.4. The Morgan fingerprint density at radius 3 is 2.58 bits per heavy atom. The summed E-state index contributed by atoms with van der Waals surface area (Å²) in [6.07, 6.45) is 2.25. The Morgan fingerprint density at radius 2 is 2.00 bits per heavy atom. The zero-order chi connectivity index (χ0) is 14.2. The molecule has 7 nitrogen and oxygen atoms in total. The molecule has 2 rings (SSSR count). The second kappa shape index (κ2) is 5.00. The van der Waals surface area contributed by atoms with Crippen LogP contribution in [-0.4, -0.2) is 24.7 Å². The second-order valence-electron chi connectivity index (χ2n) is 4.64. The van der Waals surface area contributed by atoms with E-state index in [1.165, 1.54) is 9.13 Å². The molecular formula is C12H19N5O2. The van der Waals surface area contributed by atoms with Gasteiger partial charge in [0.25, 0.3) is 5.56 Å². The first-order chi connectivity index (χ1) is 9.01. The minimum Gasteiger partial charge on any atom is -0.328 e. The maximum atomic E-state index is 12.4. The van der Waals surface area contributed by atoms with Crippen LogP contribution in [0.25, 0.3) is 11.2 Å². The van der Waals surface area contributed by atoms with Crippen LogP contribution >= 0.6 is 0 Å². The van der Waals surface area contributed by atoms with E-state index in [1.54, 1.807) is 17.9 Å². The number of aryl methyl sites for hydroxylation is 2. The van der Waals surface area contributed by atoms with E-state index < -0.39 is 0 Å². The Balaban J connectivity index is 2.80. The van der Waals surface area contributed by atoms with Gasteiger partial charge in [-0.2, -0.15) is 0 Å². The van der Waals surface area contributed by atoms with E-state index in [9.17, 15) is 9.59 Å². The van der Waals surface area contributed by atoms with Crippen LogP contribution in [0.1, 0.15) is 20.3 Å². The van der Waals surface area contributed by atoms with Crippen LogP contribution in [0.15, 0.2) is 15.9 Å². The van der Waals surface area contributed by atoms with Gasteiger partial charge in [-0.15, -0.1) is 0 Å². The Labute approximate surface area is 110 Å². The fourth-order valence-corrected chi connectivity index (χ4v) is 2.12. The van der Waals surface area contributed by atoms with Gasteiger partial charge in [0.2, 0.25) is 0 Å². The molecule has 2 aromatic rings. The summed E-state index contributed by atoms with van der Waals surface area (Å²) in [5.41, 5.74) is 6.06. The summed E-state index contributed by atoms with van der Waals surface area (Å²) < 4.78 is 4.35. The van der Waals surface area contributed by atoms with Crippen LogP contribution in [0, 0.1) is 0 Å². The lowest BCUT2D eigenvalue weighted by atomic mass is 10.2. The number of fused-ring (bicyclic) bond motifs is 1. The lowest BCUT2D eigenvalue weighted by Crippen LogP contribution is -2.44. The highest BCUT2D eigenvalue weighted by Gasteiger charge is 2.17. The first-order valence-corrected chi connectivity index (χ1v) is 6.41. The number of hydrogen-bond acceptors (Lipinski definition) is 4. The lowest BCUT2D eigenvalue weighted by Gasteiger charge is -2.13. The van der Waals surface area contributed by atoms with Gasteiger partial charge in [0.05, 0.1) is 6.33 Å². The third-order valence-corrected chi connectivity index (χ3v) is 3.34. The molecule has 0 bridgehead atoms. The highest BCUT2D eigenvalue weighted by atomic mass is 16.2. The van der Waals surface area contributed by atoms with E-state index >= 15 is 0 Å². The van der Waals surface area contributed by atoms with E-state index in [0.717, 1.165) is 0 Å². The quantitative estimate of drug-likeness (QED) is 0.818. The van der Waals surface area contributed by atoms with Gasteiger partial charge >= 0.3 is 5.69 Å². The normalized spacial score (nSPS) is 13.1. The van der Waals surface area contributed by atoms with E-state index in [1.807, 2.05) is 13.8 Å². The fraction of sp³-hybridized carbons (Fsp3) is 0.583. The van der Waals surface area contributed by atoms with E-state index in [-0.39, 0.29) is 23.8 Å². The molecule has 0 amide bonds. The van der Waals surface area contributed by atoms with Gasteiger partial charge in [-0.05, 0) is 13.3 Å². The van der Waals surface area contributed by atoms with Gasteiger partial charge in [0.1, 0.15) is 0 Å². The molecule has 2 aromatic heterocycles. The van der Waals surface area contributed by atoms with Crippen LogP contribution in [0.2, 0.25) is 0 Å². The topological polar surface area (TPSA) is 87.8 Å². The molecule has 0 spiro atoms. The average molecular weight is 265 g/mol. The molecule has 2 N–H and O–H groups in total. The number of nitrogens with zero attached hydrogens (tertiary/aromatic N) is 4. The Hall–Kier alpha value is -1.89. The summed E-state index contributed by atoms with van der Waals surface area (Å²) in [5.74, 6) is 0. The lowest BCUT2D eigenvalue weighted by molar-refractivity contribution is 0.493. The SMILES string of the molecule is CCC(N)Cn1c(=O)c2c(ncn2C)n(CC)c1=O. The molecule has 0 saturated heterocycles. The van der Waals surface area contributed by atoms with Crippen molar-refractivity contribution in [3.8, 4) is 0 Å². The number of aromatic nitrogens is 4. The molecule has 1 atom stereocenters. The molecular weight excluding hydrogens is 246 g/mol. The summed E-state index contributed by atoms with van der Waals surface area (Å²) in [5, 5.41) is 0. The zero-order valence-corrected chi connectivity index (χ0v) is 11.5. The summed E-state index contributed by atoms with van der Waals surface area (Å²) in [7, 11) is 1.74. The molecule has 2 heterocycles. The van der Waals surface area contributed by atoms with Crippen LogP contribution in [0.3, 0.4) is 0 Å². The largest absolute Gasteiger partial charge is 0.332 e. The minimum atomic E-state index is -0.345. The van der Waals surface area contributed by atoms with Crippen molar-refractivity contribution in [3.63, 3.8) is 0 Å². The summed E-state index contributed by atoms with van der Waals surface area (Å²) in [6, 6.07) is -0.207. The molecule has 7 heteroatoms. The molecule has 19 heavy (non-hydrogen) atoms. The summed E-state index contributed by atoms with van der Waals surface area (Å²) in [6.45, 7) is 4.48. The molecule has 0 fully saturated rings. The van der Waals surface area contributed by atoms with Crippen LogP contribution in [0.4, 0.5) is 0 Å². The predicted molar refractivity (Wildman–Crippen MR) is 73.2 cm³/mol. The predicted octanol–water partition coefficient (Wildman–Crippen LogP) is -0.346. The second-order valence-corrected chi connectivity index (χ2v) is 4.64. The molecule has 0 aromatic carbocycles. The molecule has 0 aliphatic heterocycles. The van der Waals surface area contributed by atoms with E-state index in [4.69, 9.17) is 5.73 Å². The van der Waals surface area contributed by atoms with Crippen LogP contribution in [0.5, 0.6) is 0 Å². The summed E-state index contributed by atoms with van der Waals surface area (Å²) in [4.78, 5) is 28.8. The van der Waals surface area contributed by atoms with Gasteiger partial charge < -0.3 is 10.3 Å². The van der Waals surface area contributed by atoms with Crippen molar-refractivity contribution >= 4 is 11.2 Å². The van der Waals surface area contributed by atoms with Crippen LogP contribution < -0.4 is 17.0 Å². The molecule has 0 saturated carbocycles. The third-order valence-electron chi connectivity index (χ3n) is 3.34. The van der Waals surface area contributed by atoms with Gasteiger partial charge in [0.15, 0.2) is 11.2 Å². The van der Waals surface area contributed by atoms with Crippen molar-refractivity contribution in [3.05, 3.63) is 27.2 Å². The fourth-order valence-electron chi connectivity index (χ4n) is 2.12. The van der Waals surface area contributed by atoms with Gasteiger partial charge in [-0.25, -0.2) is 9.78 Å². The monoisotopic (exact) mass is 265 g/mol. The van der Waals surface area contributed by atoms with Gasteiger partial charge in [-0.3, -0.25) is 13.9 Å². The zero-order valence-electron chi connectivity index (χ0n) is 11.5. The van der Waals surface area contributed by atoms with Gasteiger partial charge in [-0.1, -0.05) is 6.92 Å². The van der Waals surface area contributed by atoms with Crippen LogP contribution in [-0.2, 0) is 20.1 Å². The average Bonchev–Trinajstić information content (AvgIpc) is 2.77. The number of rotatable bonds is 4. The Morgan fingerprint density at radius 1 is 1.32 bits per heavy atom.